The summed E-state index contributed by atoms with van der Waals surface area (Å²) in [6.45, 7) is 4.48. The molecule has 1 fully saturated rings. The Hall–Kier alpha value is -1.85. The van der Waals surface area contributed by atoms with E-state index in [4.69, 9.17) is 18.9 Å². The molecule has 9 nitrogen and oxygen atoms in total. The summed E-state index contributed by atoms with van der Waals surface area (Å²) in [6.07, 6.45) is 51.4. The summed E-state index contributed by atoms with van der Waals surface area (Å²) in [5.41, 5.74) is 0. The van der Waals surface area contributed by atoms with Gasteiger partial charge in [0.15, 0.2) is 6.29 Å². The first kappa shape index (κ1) is 60.2. The minimum absolute atomic E-state index is 0.112. The lowest BCUT2D eigenvalue weighted by atomic mass is 9.99. The predicted octanol–water partition coefficient (Wildman–Crippen LogP) is 13.3. The van der Waals surface area contributed by atoms with E-state index < -0.39 is 43.4 Å². The van der Waals surface area contributed by atoms with Crippen LogP contribution in [0.25, 0.3) is 0 Å². The highest BCUT2D eigenvalue weighted by Gasteiger charge is 2.44. The average Bonchev–Trinajstić information content (AvgIpc) is 3.30. The van der Waals surface area contributed by atoms with E-state index in [0.29, 0.717) is 13.0 Å². The number of aliphatic hydroxyl groups excluding tert-OH is 4. The minimum Gasteiger partial charge on any atom is -0.457 e. The molecule has 6 atom stereocenters. The smallest absolute Gasteiger partial charge is 0.306 e. The normalized spacial score (nSPS) is 19.9. The average molecular weight is 905 g/mol. The largest absolute Gasteiger partial charge is 0.457 e. The van der Waals surface area contributed by atoms with E-state index in [0.717, 1.165) is 57.8 Å². The first-order chi connectivity index (χ1) is 31.4. The summed E-state index contributed by atoms with van der Waals surface area (Å²) in [7, 11) is 0. The van der Waals surface area contributed by atoms with Crippen LogP contribution in [0.3, 0.4) is 0 Å². The van der Waals surface area contributed by atoms with Crippen LogP contribution in [0.2, 0.25) is 0 Å². The molecule has 1 saturated heterocycles. The second-order valence-electron chi connectivity index (χ2n) is 18.3. The van der Waals surface area contributed by atoms with Crippen molar-refractivity contribution in [3.8, 4) is 0 Å². The molecule has 0 saturated carbocycles. The molecule has 0 spiro atoms. The number of allylic oxidation sites excluding steroid dienone is 8. The van der Waals surface area contributed by atoms with Gasteiger partial charge in [-0.3, -0.25) is 4.79 Å². The summed E-state index contributed by atoms with van der Waals surface area (Å²) in [5, 5.41) is 40.3. The highest BCUT2D eigenvalue weighted by atomic mass is 16.7. The molecule has 1 aliphatic rings. The third-order valence-electron chi connectivity index (χ3n) is 12.3. The Morgan fingerprint density at radius 1 is 0.516 bits per heavy atom. The Balaban J connectivity index is 2.16. The summed E-state index contributed by atoms with van der Waals surface area (Å²) in [5.74, 6) is -0.313. The van der Waals surface area contributed by atoms with Gasteiger partial charge in [-0.15, -0.1) is 0 Å². The van der Waals surface area contributed by atoms with Crippen molar-refractivity contribution in [3.63, 3.8) is 0 Å². The summed E-state index contributed by atoms with van der Waals surface area (Å²) < 4.78 is 22.9. The standard InChI is InChI=1S/C55H100O9/c1-3-5-7-9-11-13-15-17-19-21-22-23-24-25-26-27-28-29-30-32-34-36-38-40-42-44-51(57)63-49(48-62-55-54(60)53(59)52(58)50(46-56)64-55)47-61-45-43-41-39-37-35-33-31-20-18-16-14-12-10-8-6-4-2/h5,7,11,13,17,19,22-23,49-50,52-56,58-60H,3-4,6,8-10,12,14-16,18,20-21,24-48H2,1-2H3/b7-5-,13-11-,19-17-,23-22-. The molecule has 0 bridgehead atoms. The second kappa shape index (κ2) is 46.3. The van der Waals surface area contributed by atoms with Gasteiger partial charge in [0.2, 0.25) is 0 Å². The van der Waals surface area contributed by atoms with Gasteiger partial charge in [0, 0.05) is 13.0 Å². The lowest BCUT2D eigenvalue weighted by molar-refractivity contribution is -0.305. The van der Waals surface area contributed by atoms with Gasteiger partial charge in [-0.25, -0.2) is 0 Å². The Labute approximate surface area is 392 Å². The van der Waals surface area contributed by atoms with Gasteiger partial charge < -0.3 is 39.4 Å². The second-order valence-corrected chi connectivity index (χ2v) is 18.3. The van der Waals surface area contributed by atoms with Crippen LogP contribution in [0.1, 0.15) is 232 Å². The Kier molecular flexibility index (Phi) is 43.5. The Morgan fingerprint density at radius 3 is 1.44 bits per heavy atom. The summed E-state index contributed by atoms with van der Waals surface area (Å²) in [4.78, 5) is 12.9. The van der Waals surface area contributed by atoms with Crippen molar-refractivity contribution in [2.45, 2.75) is 269 Å². The molecule has 0 aromatic heterocycles. The first-order valence-corrected chi connectivity index (χ1v) is 26.7. The van der Waals surface area contributed by atoms with Gasteiger partial charge in [0.25, 0.3) is 0 Å². The maximum Gasteiger partial charge on any atom is 0.306 e. The fourth-order valence-corrected chi connectivity index (χ4v) is 8.13. The van der Waals surface area contributed by atoms with Crippen LogP contribution in [0.4, 0.5) is 0 Å². The molecular formula is C55H100O9. The lowest BCUT2D eigenvalue weighted by Crippen LogP contribution is -2.59. The van der Waals surface area contributed by atoms with E-state index in [1.54, 1.807) is 0 Å². The van der Waals surface area contributed by atoms with E-state index in [-0.39, 0.29) is 19.2 Å². The van der Waals surface area contributed by atoms with Crippen molar-refractivity contribution in [2.24, 2.45) is 0 Å². The zero-order chi connectivity index (χ0) is 46.4. The number of aliphatic hydroxyl groups is 4. The zero-order valence-corrected chi connectivity index (χ0v) is 41.3. The molecule has 0 amide bonds. The van der Waals surface area contributed by atoms with Crippen molar-refractivity contribution >= 4 is 5.97 Å². The fraction of sp³-hybridized carbons (Fsp3) is 0.836. The van der Waals surface area contributed by atoms with Crippen LogP contribution in [-0.2, 0) is 23.7 Å². The van der Waals surface area contributed by atoms with E-state index in [9.17, 15) is 25.2 Å². The number of ether oxygens (including phenoxy) is 4. The molecule has 1 heterocycles. The Bertz CT molecular complexity index is 1120. The quantitative estimate of drug-likeness (QED) is 0.0267. The monoisotopic (exact) mass is 905 g/mol. The maximum absolute atomic E-state index is 12.9. The topological polar surface area (TPSA) is 135 Å². The molecule has 374 valence electrons. The molecule has 1 aliphatic heterocycles. The van der Waals surface area contributed by atoms with Gasteiger partial charge in [0.1, 0.15) is 30.5 Å². The molecule has 1 rings (SSSR count). The SMILES string of the molecule is CC/C=C\C/C=C\C/C=C\C/C=C\CCCCCCCCCCCCCCC(=O)OC(COCCCCCCCCCCCCCCCCCC)COC1OC(CO)C(O)C(O)C1O. The molecule has 0 aliphatic carbocycles. The van der Waals surface area contributed by atoms with Crippen LogP contribution >= 0.6 is 0 Å². The molecule has 64 heavy (non-hydrogen) atoms. The highest BCUT2D eigenvalue weighted by molar-refractivity contribution is 5.69. The van der Waals surface area contributed by atoms with E-state index in [1.165, 1.54) is 154 Å². The van der Waals surface area contributed by atoms with Crippen molar-refractivity contribution in [3.05, 3.63) is 48.6 Å². The zero-order valence-electron chi connectivity index (χ0n) is 41.3. The highest BCUT2D eigenvalue weighted by Crippen LogP contribution is 2.23. The van der Waals surface area contributed by atoms with Crippen molar-refractivity contribution in [2.75, 3.05) is 26.4 Å². The third kappa shape index (κ3) is 36.3. The predicted molar refractivity (Wildman–Crippen MR) is 265 cm³/mol. The van der Waals surface area contributed by atoms with Crippen molar-refractivity contribution < 1.29 is 44.2 Å². The molecule has 6 unspecified atom stereocenters. The maximum atomic E-state index is 12.9. The van der Waals surface area contributed by atoms with Crippen LogP contribution in [-0.4, -0.2) is 89.6 Å². The van der Waals surface area contributed by atoms with Crippen LogP contribution < -0.4 is 0 Å². The Morgan fingerprint density at radius 2 is 0.953 bits per heavy atom. The van der Waals surface area contributed by atoms with Crippen molar-refractivity contribution in [1.29, 1.82) is 0 Å². The number of unbranched alkanes of at least 4 members (excludes halogenated alkanes) is 27. The van der Waals surface area contributed by atoms with E-state index in [2.05, 4.69) is 62.5 Å². The van der Waals surface area contributed by atoms with Gasteiger partial charge in [-0.2, -0.15) is 0 Å². The molecule has 9 heteroatoms. The summed E-state index contributed by atoms with van der Waals surface area (Å²) in [6, 6.07) is 0. The number of hydrogen-bond donors (Lipinski definition) is 4. The van der Waals surface area contributed by atoms with E-state index in [1.807, 2.05) is 0 Å². The third-order valence-corrected chi connectivity index (χ3v) is 12.3. The molecule has 0 aromatic carbocycles. The van der Waals surface area contributed by atoms with Gasteiger partial charge >= 0.3 is 5.97 Å². The van der Waals surface area contributed by atoms with Gasteiger partial charge in [-0.1, -0.05) is 223 Å². The van der Waals surface area contributed by atoms with Crippen molar-refractivity contribution in [1.82, 2.24) is 0 Å². The number of carbonyl (C=O) groups is 1. The molecular weight excluding hydrogens is 805 g/mol. The summed E-state index contributed by atoms with van der Waals surface area (Å²) >= 11 is 0. The van der Waals surface area contributed by atoms with Gasteiger partial charge in [0.05, 0.1) is 19.8 Å². The molecule has 0 radical (unpaired) electrons. The molecule has 4 N–H and O–H groups in total. The minimum atomic E-state index is -1.54. The molecule has 0 aromatic rings. The first-order valence-electron chi connectivity index (χ1n) is 26.7. The van der Waals surface area contributed by atoms with Gasteiger partial charge in [-0.05, 0) is 51.4 Å². The van der Waals surface area contributed by atoms with Crippen LogP contribution in [0.5, 0.6) is 0 Å². The number of carbonyl (C=O) groups excluding carboxylic acids is 1. The number of hydrogen-bond acceptors (Lipinski definition) is 9. The van der Waals surface area contributed by atoms with Crippen LogP contribution in [0.15, 0.2) is 48.6 Å². The number of esters is 1. The van der Waals surface area contributed by atoms with Crippen LogP contribution in [0, 0.1) is 0 Å². The van der Waals surface area contributed by atoms with E-state index >= 15 is 0 Å². The fourth-order valence-electron chi connectivity index (χ4n) is 8.13. The number of rotatable bonds is 46. The lowest BCUT2D eigenvalue weighted by Gasteiger charge is -2.39.